The lowest BCUT2D eigenvalue weighted by molar-refractivity contribution is 0.0738. The van der Waals surface area contributed by atoms with E-state index in [1.807, 2.05) is 18.2 Å². The molecule has 0 N–H and O–H groups in total. The topological polar surface area (TPSA) is 57.7 Å². The zero-order valence-corrected chi connectivity index (χ0v) is 14.7. The highest BCUT2D eigenvalue weighted by molar-refractivity contribution is 7.17. The second-order valence-electron chi connectivity index (χ2n) is 5.35. The van der Waals surface area contributed by atoms with Gasteiger partial charge in [0.2, 0.25) is 6.79 Å². The summed E-state index contributed by atoms with van der Waals surface area (Å²) in [5.74, 6) is 1.14. The Morgan fingerprint density at radius 2 is 2.04 bits per heavy atom. The minimum Gasteiger partial charge on any atom is -0.454 e. The number of hydrogen-bond acceptors (Lipinski definition) is 6. The largest absolute Gasteiger partial charge is 0.454 e. The molecule has 1 aliphatic heterocycles. The number of benzene rings is 2. The Hall–Kier alpha value is -2.57. The number of hydrogen-bond donors (Lipinski definition) is 0. The van der Waals surface area contributed by atoms with Gasteiger partial charge in [0.1, 0.15) is 15.6 Å². The van der Waals surface area contributed by atoms with Gasteiger partial charge in [-0.3, -0.25) is 0 Å². The Morgan fingerprint density at radius 3 is 2.88 bits per heavy atom. The standard InChI is InChI=1S/C18H12ClNO4S/c1-10-16(25-17(20-10)11-3-2-4-12(19)7-11)18(21)24-13-5-6-14-15(8-13)23-9-22-14/h2-8H,9H2,1H3. The molecule has 0 atom stereocenters. The number of aryl methyl sites for hydroxylation is 1. The highest BCUT2D eigenvalue weighted by atomic mass is 35.5. The van der Waals surface area contributed by atoms with Crippen LogP contribution < -0.4 is 14.2 Å². The fraction of sp³-hybridized carbons (Fsp3) is 0.111. The first-order valence-electron chi connectivity index (χ1n) is 7.45. The van der Waals surface area contributed by atoms with Crippen LogP contribution in [0.25, 0.3) is 10.6 Å². The van der Waals surface area contributed by atoms with Crippen molar-refractivity contribution in [3.05, 3.63) is 58.1 Å². The Kier molecular flexibility index (Phi) is 4.07. The van der Waals surface area contributed by atoms with Crippen molar-refractivity contribution >= 4 is 28.9 Å². The molecule has 1 aliphatic rings. The van der Waals surface area contributed by atoms with Gasteiger partial charge in [-0.25, -0.2) is 9.78 Å². The van der Waals surface area contributed by atoms with E-state index in [0.717, 1.165) is 10.6 Å². The Bertz CT molecular complexity index is 969. The Balaban J connectivity index is 1.58. The van der Waals surface area contributed by atoms with Crippen LogP contribution in [0.1, 0.15) is 15.4 Å². The van der Waals surface area contributed by atoms with Crippen molar-refractivity contribution in [2.45, 2.75) is 6.92 Å². The minimum atomic E-state index is -0.456. The third kappa shape index (κ3) is 3.18. The van der Waals surface area contributed by atoms with Crippen LogP contribution >= 0.6 is 22.9 Å². The number of nitrogens with zero attached hydrogens (tertiary/aromatic N) is 1. The molecule has 2 heterocycles. The predicted molar refractivity (Wildman–Crippen MR) is 94.8 cm³/mol. The van der Waals surface area contributed by atoms with Crippen molar-refractivity contribution < 1.29 is 19.0 Å². The summed E-state index contributed by atoms with van der Waals surface area (Å²) in [6.07, 6.45) is 0. The second kappa shape index (κ2) is 6.38. The molecule has 0 saturated heterocycles. The smallest absolute Gasteiger partial charge is 0.355 e. The van der Waals surface area contributed by atoms with Gasteiger partial charge in [0, 0.05) is 16.7 Å². The van der Waals surface area contributed by atoms with Crippen LogP contribution in [0.15, 0.2) is 42.5 Å². The summed E-state index contributed by atoms with van der Waals surface area (Å²) in [6.45, 7) is 1.95. The molecule has 0 amide bonds. The number of carbonyl (C=O) groups excluding carboxylic acids is 1. The van der Waals surface area contributed by atoms with E-state index < -0.39 is 5.97 Å². The predicted octanol–water partition coefficient (Wildman–Crippen LogP) is 4.72. The molecule has 0 saturated carbocycles. The molecule has 0 spiro atoms. The number of halogens is 1. The Labute approximate surface area is 152 Å². The first-order chi connectivity index (χ1) is 12.1. The summed E-state index contributed by atoms with van der Waals surface area (Å²) in [4.78, 5) is 17.4. The van der Waals surface area contributed by atoms with Crippen LogP contribution in [0, 0.1) is 6.92 Å². The summed E-state index contributed by atoms with van der Waals surface area (Å²) >= 11 is 7.29. The molecule has 0 aliphatic carbocycles. The average molecular weight is 374 g/mol. The van der Waals surface area contributed by atoms with E-state index in [1.165, 1.54) is 11.3 Å². The maximum atomic E-state index is 12.5. The fourth-order valence-corrected chi connectivity index (χ4v) is 3.55. The van der Waals surface area contributed by atoms with E-state index in [-0.39, 0.29) is 6.79 Å². The SMILES string of the molecule is Cc1nc(-c2cccc(Cl)c2)sc1C(=O)Oc1ccc2c(c1)OCO2. The number of ether oxygens (including phenoxy) is 3. The van der Waals surface area contributed by atoms with Gasteiger partial charge in [0.15, 0.2) is 11.5 Å². The molecule has 25 heavy (non-hydrogen) atoms. The lowest BCUT2D eigenvalue weighted by Crippen LogP contribution is -2.07. The number of rotatable bonds is 3. The van der Waals surface area contributed by atoms with E-state index in [0.29, 0.717) is 32.8 Å². The average Bonchev–Trinajstić information content (AvgIpc) is 3.20. The maximum Gasteiger partial charge on any atom is 0.355 e. The highest BCUT2D eigenvalue weighted by Gasteiger charge is 2.20. The number of fused-ring (bicyclic) bond motifs is 1. The summed E-state index contributed by atoms with van der Waals surface area (Å²) in [5, 5.41) is 1.34. The molecule has 0 unspecified atom stereocenters. The minimum absolute atomic E-state index is 0.170. The summed E-state index contributed by atoms with van der Waals surface area (Å²) in [6, 6.07) is 12.4. The lowest BCUT2D eigenvalue weighted by atomic mass is 10.2. The summed E-state index contributed by atoms with van der Waals surface area (Å²) in [5.41, 5.74) is 1.48. The van der Waals surface area contributed by atoms with E-state index in [4.69, 9.17) is 25.8 Å². The fourth-order valence-electron chi connectivity index (χ4n) is 2.42. The van der Waals surface area contributed by atoms with Gasteiger partial charge in [-0.15, -0.1) is 11.3 Å². The molecule has 5 nitrogen and oxygen atoms in total. The second-order valence-corrected chi connectivity index (χ2v) is 6.78. The number of esters is 1. The zero-order valence-electron chi connectivity index (χ0n) is 13.1. The quantitative estimate of drug-likeness (QED) is 0.491. The molecule has 1 aromatic heterocycles. The van der Waals surface area contributed by atoms with Crippen LogP contribution in [0.5, 0.6) is 17.2 Å². The van der Waals surface area contributed by atoms with Crippen LogP contribution in [0.4, 0.5) is 0 Å². The third-order valence-electron chi connectivity index (χ3n) is 3.61. The van der Waals surface area contributed by atoms with Gasteiger partial charge in [0.05, 0.1) is 5.69 Å². The molecule has 0 radical (unpaired) electrons. The highest BCUT2D eigenvalue weighted by Crippen LogP contribution is 2.36. The van der Waals surface area contributed by atoms with E-state index >= 15 is 0 Å². The van der Waals surface area contributed by atoms with Crippen LogP contribution in [0.2, 0.25) is 5.02 Å². The van der Waals surface area contributed by atoms with Crippen molar-refractivity contribution in [2.24, 2.45) is 0 Å². The summed E-state index contributed by atoms with van der Waals surface area (Å²) in [7, 11) is 0. The first-order valence-corrected chi connectivity index (χ1v) is 8.65. The molecule has 0 bridgehead atoms. The molecule has 4 rings (SSSR count). The van der Waals surface area contributed by atoms with Gasteiger partial charge in [-0.2, -0.15) is 0 Å². The molecule has 0 fully saturated rings. The van der Waals surface area contributed by atoms with Crippen molar-refractivity contribution in [1.82, 2.24) is 4.98 Å². The van der Waals surface area contributed by atoms with E-state index in [9.17, 15) is 4.79 Å². The molecule has 3 aromatic rings. The number of thiazole rings is 1. The molecular weight excluding hydrogens is 362 g/mol. The monoisotopic (exact) mass is 373 g/mol. The third-order valence-corrected chi connectivity index (χ3v) is 5.03. The van der Waals surface area contributed by atoms with Crippen molar-refractivity contribution in [3.8, 4) is 27.8 Å². The first kappa shape index (κ1) is 15.9. The van der Waals surface area contributed by atoms with Crippen molar-refractivity contribution in [3.63, 3.8) is 0 Å². The Morgan fingerprint density at radius 1 is 1.20 bits per heavy atom. The summed E-state index contributed by atoms with van der Waals surface area (Å²) < 4.78 is 16.0. The molecular formula is C18H12ClNO4S. The lowest BCUT2D eigenvalue weighted by Gasteiger charge is -2.04. The van der Waals surface area contributed by atoms with Gasteiger partial charge in [-0.05, 0) is 31.2 Å². The normalized spacial score (nSPS) is 12.2. The van der Waals surface area contributed by atoms with Gasteiger partial charge in [0.25, 0.3) is 0 Å². The molecule has 2 aromatic carbocycles. The number of carbonyl (C=O) groups is 1. The molecule has 126 valence electrons. The van der Waals surface area contributed by atoms with E-state index in [1.54, 1.807) is 31.2 Å². The maximum absolute atomic E-state index is 12.5. The molecule has 7 heteroatoms. The van der Waals surface area contributed by atoms with E-state index in [2.05, 4.69) is 4.98 Å². The van der Waals surface area contributed by atoms with Crippen LogP contribution in [-0.4, -0.2) is 17.7 Å². The number of aromatic nitrogens is 1. The van der Waals surface area contributed by atoms with Crippen molar-refractivity contribution in [2.75, 3.05) is 6.79 Å². The van der Waals surface area contributed by atoms with Gasteiger partial charge < -0.3 is 14.2 Å². The van der Waals surface area contributed by atoms with Crippen molar-refractivity contribution in [1.29, 1.82) is 0 Å². The van der Waals surface area contributed by atoms with Crippen LogP contribution in [0.3, 0.4) is 0 Å². The van der Waals surface area contributed by atoms with Gasteiger partial charge >= 0.3 is 5.97 Å². The van der Waals surface area contributed by atoms with Crippen LogP contribution in [-0.2, 0) is 0 Å². The van der Waals surface area contributed by atoms with Gasteiger partial charge in [-0.1, -0.05) is 23.7 Å². The zero-order chi connectivity index (χ0) is 17.4.